The van der Waals surface area contributed by atoms with Gasteiger partial charge in [0.05, 0.1) is 29.6 Å². The van der Waals surface area contributed by atoms with E-state index < -0.39 is 0 Å². The van der Waals surface area contributed by atoms with Crippen molar-refractivity contribution in [3.8, 4) is 11.4 Å². The molecule has 0 unspecified atom stereocenters. The van der Waals surface area contributed by atoms with Crippen LogP contribution in [0, 0.1) is 5.82 Å². The van der Waals surface area contributed by atoms with Crippen LogP contribution in [-0.4, -0.2) is 37.9 Å². The molecule has 146 valence electrons. The van der Waals surface area contributed by atoms with E-state index in [4.69, 9.17) is 4.74 Å². The van der Waals surface area contributed by atoms with Gasteiger partial charge >= 0.3 is 0 Å². The van der Waals surface area contributed by atoms with Crippen molar-refractivity contribution in [1.29, 1.82) is 0 Å². The summed E-state index contributed by atoms with van der Waals surface area (Å²) in [6, 6.07) is 13.1. The fourth-order valence-electron chi connectivity index (χ4n) is 2.83. The van der Waals surface area contributed by atoms with Crippen LogP contribution in [0.1, 0.15) is 17.3 Å². The molecule has 2 heterocycles. The first kappa shape index (κ1) is 19.1. The standard InChI is InChI=1S/C21H17FN4O2S/c1-2-28-17-9-3-14(4-10-17)19(27)12-29-21-18-11-25-26(20(18)23-13-24-21)16-7-5-15(22)6-8-16/h3-11,13H,2,12H2,1H3. The van der Waals surface area contributed by atoms with Gasteiger partial charge in [-0.1, -0.05) is 11.8 Å². The number of ketones is 1. The second-order valence-corrected chi connectivity index (χ2v) is 7.08. The van der Waals surface area contributed by atoms with Gasteiger partial charge in [0, 0.05) is 5.56 Å². The molecule has 0 aliphatic carbocycles. The summed E-state index contributed by atoms with van der Waals surface area (Å²) >= 11 is 1.33. The molecule has 29 heavy (non-hydrogen) atoms. The zero-order valence-electron chi connectivity index (χ0n) is 15.6. The summed E-state index contributed by atoms with van der Waals surface area (Å²) in [6.07, 6.45) is 3.09. The number of Topliss-reactive ketones (excluding diaryl/α,β-unsaturated/α-hetero) is 1. The molecular formula is C21H17FN4O2S. The van der Waals surface area contributed by atoms with Crippen LogP contribution < -0.4 is 4.74 Å². The molecule has 0 radical (unpaired) electrons. The lowest BCUT2D eigenvalue weighted by atomic mass is 10.1. The van der Waals surface area contributed by atoms with Crippen molar-refractivity contribution in [1.82, 2.24) is 19.7 Å². The Morgan fingerprint density at radius 2 is 1.86 bits per heavy atom. The fraction of sp³-hybridized carbons (Fsp3) is 0.143. The van der Waals surface area contributed by atoms with Gasteiger partial charge in [-0.05, 0) is 55.5 Å². The van der Waals surface area contributed by atoms with Crippen LogP contribution in [0.25, 0.3) is 16.7 Å². The van der Waals surface area contributed by atoms with Gasteiger partial charge in [0.15, 0.2) is 11.4 Å². The molecule has 0 N–H and O–H groups in total. The van der Waals surface area contributed by atoms with Crippen LogP contribution in [-0.2, 0) is 0 Å². The first-order valence-corrected chi connectivity index (χ1v) is 9.98. The predicted molar refractivity (Wildman–Crippen MR) is 109 cm³/mol. The molecule has 0 saturated carbocycles. The van der Waals surface area contributed by atoms with E-state index in [1.807, 2.05) is 6.92 Å². The molecule has 2 aromatic heterocycles. The highest BCUT2D eigenvalue weighted by atomic mass is 32.2. The summed E-state index contributed by atoms with van der Waals surface area (Å²) in [6.45, 7) is 2.49. The molecule has 8 heteroatoms. The number of carbonyl (C=O) groups is 1. The lowest BCUT2D eigenvalue weighted by molar-refractivity contribution is 0.102. The molecule has 6 nitrogen and oxygen atoms in total. The summed E-state index contributed by atoms with van der Waals surface area (Å²) in [4.78, 5) is 21.1. The van der Waals surface area contributed by atoms with Crippen molar-refractivity contribution in [2.24, 2.45) is 0 Å². The molecule has 4 aromatic rings. The average molecular weight is 408 g/mol. The zero-order valence-corrected chi connectivity index (χ0v) is 16.4. The number of hydrogen-bond donors (Lipinski definition) is 0. The van der Waals surface area contributed by atoms with Gasteiger partial charge in [0.2, 0.25) is 0 Å². The first-order chi connectivity index (χ1) is 14.2. The Hall–Kier alpha value is -3.26. The second kappa shape index (κ2) is 8.40. The second-order valence-electron chi connectivity index (χ2n) is 6.12. The Morgan fingerprint density at radius 1 is 1.10 bits per heavy atom. The number of aromatic nitrogens is 4. The normalized spacial score (nSPS) is 11.0. The molecule has 2 aromatic carbocycles. The summed E-state index contributed by atoms with van der Waals surface area (Å²) in [5.74, 6) is 0.656. The maximum atomic E-state index is 13.2. The summed E-state index contributed by atoms with van der Waals surface area (Å²) in [5, 5.41) is 5.75. The van der Waals surface area contributed by atoms with E-state index in [0.717, 1.165) is 11.1 Å². The third kappa shape index (κ3) is 4.12. The van der Waals surface area contributed by atoms with Crippen LogP contribution in [0.2, 0.25) is 0 Å². The first-order valence-electron chi connectivity index (χ1n) is 8.99. The number of fused-ring (bicyclic) bond motifs is 1. The van der Waals surface area contributed by atoms with Gasteiger partial charge < -0.3 is 4.74 Å². The van der Waals surface area contributed by atoms with Crippen molar-refractivity contribution in [2.45, 2.75) is 11.9 Å². The molecule has 0 aliphatic heterocycles. The summed E-state index contributed by atoms with van der Waals surface area (Å²) < 4.78 is 20.2. The Kier molecular flexibility index (Phi) is 5.53. The molecular weight excluding hydrogens is 391 g/mol. The van der Waals surface area contributed by atoms with Crippen molar-refractivity contribution in [3.05, 3.63) is 72.4 Å². The van der Waals surface area contributed by atoms with Gasteiger partial charge in [-0.25, -0.2) is 19.0 Å². The molecule has 0 aliphatic rings. The molecule has 0 bridgehead atoms. The van der Waals surface area contributed by atoms with E-state index >= 15 is 0 Å². The maximum Gasteiger partial charge on any atom is 0.173 e. The highest BCUT2D eigenvalue weighted by Gasteiger charge is 2.14. The molecule has 0 saturated heterocycles. The average Bonchev–Trinajstić information content (AvgIpc) is 3.18. The number of thioether (sulfide) groups is 1. The number of hydrogen-bond acceptors (Lipinski definition) is 6. The summed E-state index contributed by atoms with van der Waals surface area (Å²) in [5.41, 5.74) is 1.91. The van der Waals surface area contributed by atoms with Crippen molar-refractivity contribution in [2.75, 3.05) is 12.4 Å². The van der Waals surface area contributed by atoms with Gasteiger partial charge in [0.25, 0.3) is 0 Å². The molecule has 0 spiro atoms. The summed E-state index contributed by atoms with van der Waals surface area (Å²) in [7, 11) is 0. The minimum atomic E-state index is -0.316. The number of halogens is 1. The zero-order chi connectivity index (χ0) is 20.2. The topological polar surface area (TPSA) is 69.9 Å². The van der Waals surface area contributed by atoms with Gasteiger partial charge in [-0.2, -0.15) is 5.10 Å². The van der Waals surface area contributed by atoms with E-state index in [0.29, 0.717) is 28.5 Å². The Balaban J connectivity index is 1.52. The van der Waals surface area contributed by atoms with Gasteiger partial charge in [-0.3, -0.25) is 4.79 Å². The van der Waals surface area contributed by atoms with E-state index in [2.05, 4.69) is 15.1 Å². The lowest BCUT2D eigenvalue weighted by Crippen LogP contribution is -2.03. The van der Waals surface area contributed by atoms with E-state index in [-0.39, 0.29) is 17.4 Å². The Labute approximate surface area is 170 Å². The van der Waals surface area contributed by atoms with Gasteiger partial charge in [-0.15, -0.1) is 0 Å². The van der Waals surface area contributed by atoms with Crippen LogP contribution >= 0.6 is 11.8 Å². The van der Waals surface area contributed by atoms with Crippen molar-refractivity contribution in [3.63, 3.8) is 0 Å². The number of rotatable bonds is 7. The van der Waals surface area contributed by atoms with Crippen LogP contribution in [0.15, 0.2) is 66.1 Å². The highest BCUT2D eigenvalue weighted by Crippen LogP contribution is 2.26. The van der Waals surface area contributed by atoms with E-state index in [1.165, 1.54) is 30.2 Å². The molecule has 0 amide bonds. The quantitative estimate of drug-likeness (QED) is 0.258. The van der Waals surface area contributed by atoms with E-state index in [9.17, 15) is 9.18 Å². The largest absolute Gasteiger partial charge is 0.494 e. The number of carbonyl (C=O) groups excluding carboxylic acids is 1. The smallest absolute Gasteiger partial charge is 0.173 e. The van der Waals surface area contributed by atoms with Gasteiger partial charge in [0.1, 0.15) is 22.9 Å². The fourth-order valence-corrected chi connectivity index (χ4v) is 3.69. The number of benzene rings is 2. The molecule has 0 fully saturated rings. The van der Waals surface area contributed by atoms with Crippen LogP contribution in [0.4, 0.5) is 4.39 Å². The van der Waals surface area contributed by atoms with Crippen molar-refractivity contribution >= 4 is 28.6 Å². The van der Waals surface area contributed by atoms with Crippen molar-refractivity contribution < 1.29 is 13.9 Å². The Bertz CT molecular complexity index is 1140. The third-order valence-electron chi connectivity index (χ3n) is 4.23. The number of nitrogens with zero attached hydrogens (tertiary/aromatic N) is 4. The lowest BCUT2D eigenvalue weighted by Gasteiger charge is -2.05. The minimum Gasteiger partial charge on any atom is -0.494 e. The SMILES string of the molecule is CCOc1ccc(C(=O)CSc2ncnc3c2cnn3-c2ccc(F)cc2)cc1. The van der Waals surface area contributed by atoms with Crippen LogP contribution in [0.3, 0.4) is 0 Å². The number of ether oxygens (including phenoxy) is 1. The highest BCUT2D eigenvalue weighted by molar-refractivity contribution is 8.00. The maximum absolute atomic E-state index is 13.2. The van der Waals surface area contributed by atoms with E-state index in [1.54, 1.807) is 47.3 Å². The minimum absolute atomic E-state index is 0.00395. The Morgan fingerprint density at radius 3 is 2.59 bits per heavy atom. The molecule has 4 rings (SSSR count). The third-order valence-corrected chi connectivity index (χ3v) is 5.23. The van der Waals surface area contributed by atoms with Crippen LogP contribution in [0.5, 0.6) is 5.75 Å². The predicted octanol–water partition coefficient (Wildman–Crippen LogP) is 4.33. The monoisotopic (exact) mass is 408 g/mol. The molecule has 0 atom stereocenters.